The molecule has 2 atom stereocenters. The second kappa shape index (κ2) is 5.34. The lowest BCUT2D eigenvalue weighted by atomic mass is 9.74. The van der Waals surface area contributed by atoms with Crippen molar-refractivity contribution in [3.8, 4) is 0 Å². The van der Waals surface area contributed by atoms with Crippen molar-refractivity contribution in [1.29, 1.82) is 0 Å². The van der Waals surface area contributed by atoms with Gasteiger partial charge >= 0.3 is 0 Å². The summed E-state index contributed by atoms with van der Waals surface area (Å²) in [5.74, 6) is -0.767. The van der Waals surface area contributed by atoms with E-state index in [0.29, 0.717) is 6.42 Å². The van der Waals surface area contributed by atoms with E-state index in [9.17, 15) is 18.0 Å². The van der Waals surface area contributed by atoms with E-state index < -0.39 is 23.6 Å². The Morgan fingerprint density at radius 2 is 2.12 bits per heavy atom. The van der Waals surface area contributed by atoms with Gasteiger partial charge in [0.25, 0.3) is 12.3 Å². The Balaban J connectivity index is 1.78. The summed E-state index contributed by atoms with van der Waals surface area (Å²) in [7, 11) is 1.50. The van der Waals surface area contributed by atoms with Crippen LogP contribution in [-0.2, 0) is 12.6 Å². The summed E-state index contributed by atoms with van der Waals surface area (Å²) in [6.45, 7) is 4.08. The van der Waals surface area contributed by atoms with Gasteiger partial charge in [-0.3, -0.25) is 9.48 Å². The Morgan fingerprint density at radius 3 is 2.81 bits per heavy atom. The van der Waals surface area contributed by atoms with E-state index in [2.05, 4.69) is 10.4 Å². The Labute approximate surface area is 149 Å². The highest BCUT2D eigenvalue weighted by atomic mass is 19.3. The molecule has 2 bridgehead atoms. The minimum atomic E-state index is -2.84. The zero-order chi connectivity index (χ0) is 18.9. The number of hydrogen-bond acceptors (Lipinski definition) is 2. The van der Waals surface area contributed by atoms with Crippen LogP contribution >= 0.6 is 0 Å². The first-order chi connectivity index (χ1) is 12.2. The van der Waals surface area contributed by atoms with E-state index in [0.717, 1.165) is 17.5 Å². The number of carbonyl (C=O) groups is 1. The molecule has 2 unspecified atom stereocenters. The van der Waals surface area contributed by atoms with Gasteiger partial charge in [0, 0.05) is 13.2 Å². The van der Waals surface area contributed by atoms with Gasteiger partial charge in [-0.2, -0.15) is 5.10 Å². The van der Waals surface area contributed by atoms with E-state index in [-0.39, 0.29) is 22.7 Å². The van der Waals surface area contributed by atoms with E-state index in [1.54, 1.807) is 6.07 Å². The number of hydrogen-bond donors (Lipinski definition) is 1. The van der Waals surface area contributed by atoms with Gasteiger partial charge in [0.15, 0.2) is 0 Å². The molecule has 1 aromatic heterocycles. The molecule has 1 saturated carbocycles. The van der Waals surface area contributed by atoms with E-state index in [1.165, 1.54) is 30.1 Å². The fraction of sp³-hybridized carbons (Fsp3) is 0.474. The SMILES string of the molecule is Cn1cc(C(=O)NC23CCC(c4ccc(F)cc42)C3(C)C)c(C(F)F)n1. The first-order valence-corrected chi connectivity index (χ1v) is 8.61. The first-order valence-electron chi connectivity index (χ1n) is 8.61. The van der Waals surface area contributed by atoms with E-state index in [1.807, 2.05) is 13.8 Å². The lowest BCUT2D eigenvalue weighted by molar-refractivity contribution is 0.0796. The number of aromatic nitrogens is 2. The van der Waals surface area contributed by atoms with Crippen molar-refractivity contribution in [2.45, 2.75) is 44.6 Å². The monoisotopic (exact) mass is 363 g/mol. The van der Waals surface area contributed by atoms with Crippen LogP contribution in [0.4, 0.5) is 13.2 Å². The van der Waals surface area contributed by atoms with Crippen LogP contribution < -0.4 is 5.32 Å². The predicted molar refractivity (Wildman–Crippen MR) is 89.5 cm³/mol. The number of fused-ring (bicyclic) bond motifs is 5. The van der Waals surface area contributed by atoms with Crippen LogP contribution in [0.3, 0.4) is 0 Å². The number of aryl methyl sites for hydroxylation is 1. The van der Waals surface area contributed by atoms with Crippen molar-refractivity contribution in [1.82, 2.24) is 15.1 Å². The van der Waals surface area contributed by atoms with Crippen molar-refractivity contribution >= 4 is 5.91 Å². The molecule has 1 fully saturated rings. The number of halogens is 3. The van der Waals surface area contributed by atoms with E-state index >= 15 is 0 Å². The molecule has 1 N–H and O–H groups in total. The van der Waals surface area contributed by atoms with Crippen LogP contribution in [0.5, 0.6) is 0 Å². The Bertz CT molecular complexity index is 905. The molecule has 1 aromatic carbocycles. The predicted octanol–water partition coefficient (Wildman–Crippen LogP) is 4.04. The molecule has 7 heteroatoms. The summed E-state index contributed by atoms with van der Waals surface area (Å²) in [6, 6.07) is 4.67. The van der Waals surface area contributed by atoms with Crippen LogP contribution in [0, 0.1) is 11.2 Å². The van der Waals surface area contributed by atoms with E-state index in [4.69, 9.17) is 0 Å². The van der Waals surface area contributed by atoms with Crippen LogP contribution in [0.1, 0.15) is 66.2 Å². The molecule has 4 rings (SSSR count). The molecule has 2 aliphatic carbocycles. The zero-order valence-corrected chi connectivity index (χ0v) is 14.8. The molecule has 0 aliphatic heterocycles. The Hall–Kier alpha value is -2.31. The molecular formula is C19H20F3N3O. The van der Waals surface area contributed by atoms with Gasteiger partial charge in [-0.15, -0.1) is 0 Å². The molecule has 0 radical (unpaired) electrons. The molecule has 1 heterocycles. The standard InChI is InChI=1S/C19H20F3N3O/c1-18(2)13-6-7-19(18,14-8-10(20)4-5-11(13)14)23-17(26)12-9-25(3)24-15(12)16(21)22/h4-5,8-9,13,16H,6-7H2,1-3H3,(H,23,26). The van der Waals surface area contributed by atoms with Gasteiger partial charge in [0.2, 0.25) is 0 Å². The van der Waals surface area contributed by atoms with Crippen molar-refractivity contribution < 1.29 is 18.0 Å². The molecule has 4 nitrogen and oxygen atoms in total. The van der Waals surface area contributed by atoms with Gasteiger partial charge in [0.1, 0.15) is 11.5 Å². The summed E-state index contributed by atoms with van der Waals surface area (Å²) in [5.41, 5.74) is -0.00191. The minimum Gasteiger partial charge on any atom is -0.342 e. The maximum atomic E-state index is 13.9. The third-order valence-corrected chi connectivity index (χ3v) is 6.27. The van der Waals surface area contributed by atoms with Crippen LogP contribution in [-0.4, -0.2) is 15.7 Å². The van der Waals surface area contributed by atoms with Crippen molar-refractivity contribution in [3.05, 3.63) is 52.6 Å². The third kappa shape index (κ3) is 2.09. The second-order valence-corrected chi connectivity index (χ2v) is 7.81. The average molecular weight is 363 g/mol. The zero-order valence-electron chi connectivity index (χ0n) is 14.8. The second-order valence-electron chi connectivity index (χ2n) is 7.81. The number of nitrogens with one attached hydrogen (secondary N) is 1. The van der Waals surface area contributed by atoms with Gasteiger partial charge in [-0.25, -0.2) is 13.2 Å². The van der Waals surface area contributed by atoms with Crippen LogP contribution in [0.15, 0.2) is 24.4 Å². The lowest BCUT2D eigenvalue weighted by Gasteiger charge is -2.39. The third-order valence-electron chi connectivity index (χ3n) is 6.27. The average Bonchev–Trinajstić information content (AvgIpc) is 3.12. The molecule has 26 heavy (non-hydrogen) atoms. The lowest BCUT2D eigenvalue weighted by Crippen LogP contribution is -2.51. The smallest absolute Gasteiger partial charge is 0.282 e. The highest BCUT2D eigenvalue weighted by Gasteiger charge is 2.62. The highest BCUT2D eigenvalue weighted by Crippen LogP contribution is 2.66. The molecule has 2 aromatic rings. The molecule has 2 aliphatic rings. The molecule has 138 valence electrons. The number of alkyl halides is 2. The number of amides is 1. The molecule has 1 amide bonds. The number of nitrogens with zero attached hydrogens (tertiary/aromatic N) is 2. The van der Waals surface area contributed by atoms with Gasteiger partial charge in [-0.1, -0.05) is 19.9 Å². The van der Waals surface area contributed by atoms with Crippen LogP contribution in [0.25, 0.3) is 0 Å². The largest absolute Gasteiger partial charge is 0.342 e. The molecule has 0 saturated heterocycles. The number of benzene rings is 1. The highest BCUT2D eigenvalue weighted by molar-refractivity contribution is 5.96. The summed E-state index contributed by atoms with van der Waals surface area (Å²) in [6.07, 6.45) is -0.0290. The topological polar surface area (TPSA) is 46.9 Å². The van der Waals surface area contributed by atoms with Crippen molar-refractivity contribution in [3.63, 3.8) is 0 Å². The van der Waals surface area contributed by atoms with Crippen molar-refractivity contribution in [2.75, 3.05) is 0 Å². The quantitative estimate of drug-likeness (QED) is 0.895. The normalized spacial score (nSPS) is 25.6. The summed E-state index contributed by atoms with van der Waals surface area (Å²) in [4.78, 5) is 12.9. The fourth-order valence-corrected chi connectivity index (χ4v) is 4.96. The van der Waals surface area contributed by atoms with Gasteiger partial charge < -0.3 is 5.32 Å². The number of carbonyl (C=O) groups excluding carboxylic acids is 1. The van der Waals surface area contributed by atoms with Crippen molar-refractivity contribution in [2.24, 2.45) is 12.5 Å². The van der Waals surface area contributed by atoms with Gasteiger partial charge in [0.05, 0.1) is 11.1 Å². The summed E-state index contributed by atoms with van der Waals surface area (Å²) >= 11 is 0. The maximum absolute atomic E-state index is 13.9. The minimum absolute atomic E-state index is 0.138. The van der Waals surface area contributed by atoms with Crippen LogP contribution in [0.2, 0.25) is 0 Å². The molecule has 0 spiro atoms. The maximum Gasteiger partial charge on any atom is 0.282 e. The summed E-state index contributed by atoms with van der Waals surface area (Å²) in [5, 5.41) is 6.70. The number of rotatable bonds is 3. The first kappa shape index (κ1) is 17.1. The Morgan fingerprint density at radius 1 is 1.38 bits per heavy atom. The fourth-order valence-electron chi connectivity index (χ4n) is 4.96. The molecular weight excluding hydrogens is 343 g/mol. The van der Waals surface area contributed by atoms with Gasteiger partial charge in [-0.05, 0) is 47.4 Å². The Kier molecular flexibility index (Phi) is 3.52. The summed E-state index contributed by atoms with van der Waals surface area (Å²) < 4.78 is 41.6.